The maximum absolute atomic E-state index is 6.02. The number of anilines is 2. The molecule has 5 rings (SSSR count). The highest BCUT2D eigenvalue weighted by atomic mass is 15.3. The average molecular weight is 376 g/mol. The van der Waals surface area contributed by atoms with E-state index in [1.54, 1.807) is 6.33 Å². The van der Waals surface area contributed by atoms with Crippen molar-refractivity contribution in [1.82, 2.24) is 24.7 Å². The van der Waals surface area contributed by atoms with E-state index < -0.39 is 0 Å². The predicted octanol–water partition coefficient (Wildman–Crippen LogP) is 1.55. The molecule has 0 aliphatic carbocycles. The Kier molecular flexibility index (Phi) is 4.40. The van der Waals surface area contributed by atoms with Gasteiger partial charge in [-0.2, -0.15) is 10.1 Å². The number of para-hydroxylation sites is 1. The zero-order chi connectivity index (χ0) is 18.9. The second kappa shape index (κ2) is 7.20. The van der Waals surface area contributed by atoms with Gasteiger partial charge in [0.15, 0.2) is 0 Å². The van der Waals surface area contributed by atoms with Gasteiger partial charge in [0.25, 0.3) is 0 Å². The van der Waals surface area contributed by atoms with Crippen LogP contribution in [0.3, 0.4) is 0 Å². The Bertz CT molecular complexity index is 946. The van der Waals surface area contributed by atoms with Crippen LogP contribution in [0.4, 0.5) is 11.9 Å². The topological polar surface area (TPSA) is 89.0 Å². The Hall–Kier alpha value is -3.00. The molecule has 3 aromatic rings. The maximum Gasteiger partial charge on any atom is 0.230 e. The highest BCUT2D eigenvalue weighted by Gasteiger charge is 2.24. The minimum absolute atomic E-state index is 0.291. The van der Waals surface area contributed by atoms with Crippen molar-refractivity contribution in [3.63, 3.8) is 0 Å². The zero-order valence-corrected chi connectivity index (χ0v) is 15.8. The van der Waals surface area contributed by atoms with E-state index in [1.807, 2.05) is 22.9 Å². The van der Waals surface area contributed by atoms with E-state index in [4.69, 9.17) is 15.8 Å². The summed E-state index contributed by atoms with van der Waals surface area (Å²) in [6.45, 7) is 3.42. The SMILES string of the molecule is NC1CCN(c2ncnc(N3CCc4nn(-c5ccccc5)cc4C3)n2)CC1. The van der Waals surface area contributed by atoms with Crippen molar-refractivity contribution >= 4 is 11.9 Å². The number of fused-ring (bicyclic) bond motifs is 1. The van der Waals surface area contributed by atoms with Crippen molar-refractivity contribution in [2.75, 3.05) is 29.4 Å². The van der Waals surface area contributed by atoms with Crippen molar-refractivity contribution in [3.8, 4) is 5.69 Å². The first-order chi connectivity index (χ1) is 13.8. The third kappa shape index (κ3) is 3.31. The molecule has 2 aromatic heterocycles. The van der Waals surface area contributed by atoms with E-state index in [-0.39, 0.29) is 0 Å². The van der Waals surface area contributed by atoms with Gasteiger partial charge in [0.05, 0.1) is 11.4 Å². The van der Waals surface area contributed by atoms with Crippen LogP contribution in [0.25, 0.3) is 5.69 Å². The van der Waals surface area contributed by atoms with Gasteiger partial charge in [0, 0.05) is 50.4 Å². The van der Waals surface area contributed by atoms with Crippen molar-refractivity contribution in [2.45, 2.75) is 31.8 Å². The van der Waals surface area contributed by atoms with Crippen LogP contribution in [-0.4, -0.2) is 50.4 Å². The highest BCUT2D eigenvalue weighted by Crippen LogP contribution is 2.24. The largest absolute Gasteiger partial charge is 0.341 e. The quantitative estimate of drug-likeness (QED) is 0.742. The van der Waals surface area contributed by atoms with Crippen molar-refractivity contribution in [2.24, 2.45) is 5.73 Å². The molecule has 0 unspecified atom stereocenters. The molecular weight excluding hydrogens is 352 g/mol. The van der Waals surface area contributed by atoms with Crippen LogP contribution < -0.4 is 15.5 Å². The number of nitrogens with zero attached hydrogens (tertiary/aromatic N) is 7. The van der Waals surface area contributed by atoms with Crippen LogP contribution in [0.5, 0.6) is 0 Å². The van der Waals surface area contributed by atoms with Gasteiger partial charge in [0.2, 0.25) is 11.9 Å². The van der Waals surface area contributed by atoms with E-state index >= 15 is 0 Å². The second-order valence-corrected chi connectivity index (χ2v) is 7.46. The minimum Gasteiger partial charge on any atom is -0.341 e. The molecule has 28 heavy (non-hydrogen) atoms. The van der Waals surface area contributed by atoms with Crippen LogP contribution in [0.1, 0.15) is 24.1 Å². The summed E-state index contributed by atoms with van der Waals surface area (Å²) in [5, 5.41) is 4.76. The van der Waals surface area contributed by atoms with E-state index in [0.29, 0.717) is 6.04 Å². The fraction of sp³-hybridized carbons (Fsp3) is 0.400. The molecule has 0 bridgehead atoms. The summed E-state index contributed by atoms with van der Waals surface area (Å²) >= 11 is 0. The van der Waals surface area contributed by atoms with Crippen molar-refractivity contribution in [3.05, 3.63) is 54.1 Å². The number of benzene rings is 1. The molecule has 4 heterocycles. The lowest BCUT2D eigenvalue weighted by atomic mass is 10.1. The number of rotatable bonds is 3. The Balaban J connectivity index is 1.35. The van der Waals surface area contributed by atoms with Gasteiger partial charge in [-0.3, -0.25) is 0 Å². The number of piperidine rings is 1. The Morgan fingerprint density at radius 2 is 1.68 bits per heavy atom. The summed E-state index contributed by atoms with van der Waals surface area (Å²) in [6, 6.07) is 10.5. The number of aromatic nitrogens is 5. The number of nitrogens with two attached hydrogens (primary N) is 1. The van der Waals surface area contributed by atoms with E-state index in [2.05, 4.69) is 38.1 Å². The third-order valence-corrected chi connectivity index (χ3v) is 5.53. The molecule has 0 radical (unpaired) electrons. The standard InChI is InChI=1S/C20H24N8/c21-16-6-9-26(10-7-16)19-22-14-23-20(24-19)27-11-8-18-15(12-27)13-28(25-18)17-4-2-1-3-5-17/h1-5,13-14,16H,6-12,21H2. The molecule has 1 saturated heterocycles. The van der Waals surface area contributed by atoms with Crippen molar-refractivity contribution < 1.29 is 0 Å². The van der Waals surface area contributed by atoms with Crippen LogP contribution >= 0.6 is 0 Å². The summed E-state index contributed by atoms with van der Waals surface area (Å²) < 4.78 is 1.96. The van der Waals surface area contributed by atoms with Crippen LogP contribution in [-0.2, 0) is 13.0 Å². The smallest absolute Gasteiger partial charge is 0.230 e. The third-order valence-electron chi connectivity index (χ3n) is 5.53. The fourth-order valence-corrected chi connectivity index (χ4v) is 3.88. The van der Waals surface area contributed by atoms with E-state index in [1.165, 1.54) is 5.56 Å². The van der Waals surface area contributed by atoms with Gasteiger partial charge < -0.3 is 15.5 Å². The molecule has 0 atom stereocenters. The zero-order valence-electron chi connectivity index (χ0n) is 15.8. The molecular formula is C20H24N8. The van der Waals surface area contributed by atoms with Gasteiger partial charge in [-0.25, -0.2) is 14.6 Å². The van der Waals surface area contributed by atoms with E-state index in [9.17, 15) is 0 Å². The Morgan fingerprint density at radius 3 is 2.46 bits per heavy atom. The Labute approximate surface area is 164 Å². The summed E-state index contributed by atoms with van der Waals surface area (Å²) in [6.07, 6.45) is 6.58. The lowest BCUT2D eigenvalue weighted by Gasteiger charge is -2.31. The number of hydrogen-bond acceptors (Lipinski definition) is 7. The van der Waals surface area contributed by atoms with Gasteiger partial charge in [-0.05, 0) is 25.0 Å². The fourth-order valence-electron chi connectivity index (χ4n) is 3.88. The van der Waals surface area contributed by atoms with Crippen molar-refractivity contribution in [1.29, 1.82) is 0 Å². The maximum atomic E-state index is 6.02. The summed E-state index contributed by atoms with van der Waals surface area (Å²) in [5.74, 6) is 1.49. The molecule has 2 aliphatic heterocycles. The van der Waals surface area contributed by atoms with Crippen LogP contribution in [0.2, 0.25) is 0 Å². The average Bonchev–Trinajstić information content (AvgIpc) is 3.18. The molecule has 1 fully saturated rings. The molecule has 8 nitrogen and oxygen atoms in total. The molecule has 0 amide bonds. The number of hydrogen-bond donors (Lipinski definition) is 1. The first kappa shape index (κ1) is 17.1. The monoisotopic (exact) mass is 376 g/mol. The molecule has 0 saturated carbocycles. The van der Waals surface area contributed by atoms with Gasteiger partial charge >= 0.3 is 0 Å². The lowest BCUT2D eigenvalue weighted by molar-refractivity contribution is 0.495. The minimum atomic E-state index is 0.291. The second-order valence-electron chi connectivity index (χ2n) is 7.46. The summed E-state index contributed by atoms with van der Waals surface area (Å²) in [5.41, 5.74) is 9.47. The first-order valence-corrected chi connectivity index (χ1v) is 9.83. The highest BCUT2D eigenvalue weighted by molar-refractivity contribution is 5.42. The molecule has 8 heteroatoms. The Morgan fingerprint density at radius 1 is 0.929 bits per heavy atom. The predicted molar refractivity (Wildman–Crippen MR) is 108 cm³/mol. The van der Waals surface area contributed by atoms with Crippen LogP contribution in [0.15, 0.2) is 42.9 Å². The van der Waals surface area contributed by atoms with Gasteiger partial charge in [-0.15, -0.1) is 0 Å². The van der Waals surface area contributed by atoms with Crippen LogP contribution in [0, 0.1) is 0 Å². The summed E-state index contributed by atoms with van der Waals surface area (Å²) in [4.78, 5) is 18.0. The lowest BCUT2D eigenvalue weighted by Crippen LogP contribution is -2.40. The van der Waals surface area contributed by atoms with E-state index in [0.717, 1.165) is 68.7 Å². The summed E-state index contributed by atoms with van der Waals surface area (Å²) in [7, 11) is 0. The molecule has 2 N–H and O–H groups in total. The van der Waals surface area contributed by atoms with Gasteiger partial charge in [0.1, 0.15) is 6.33 Å². The first-order valence-electron chi connectivity index (χ1n) is 9.83. The molecule has 144 valence electrons. The van der Waals surface area contributed by atoms with Gasteiger partial charge in [-0.1, -0.05) is 18.2 Å². The molecule has 0 spiro atoms. The normalized spacial score (nSPS) is 17.6. The molecule has 2 aliphatic rings. The molecule has 1 aromatic carbocycles.